The van der Waals surface area contributed by atoms with Gasteiger partial charge in [0.25, 0.3) is 0 Å². The lowest BCUT2D eigenvalue weighted by molar-refractivity contribution is 0.778. The van der Waals surface area contributed by atoms with Crippen LogP contribution in [0.5, 0.6) is 0 Å². The van der Waals surface area contributed by atoms with Crippen molar-refractivity contribution in [3.8, 4) is 11.3 Å². The van der Waals surface area contributed by atoms with Gasteiger partial charge >= 0.3 is 0 Å². The molecule has 3 aromatic carbocycles. The number of hydrogen-bond donors (Lipinski definition) is 0. The summed E-state index contributed by atoms with van der Waals surface area (Å²) < 4.78 is 3.38. The van der Waals surface area contributed by atoms with E-state index in [9.17, 15) is 0 Å². The van der Waals surface area contributed by atoms with E-state index in [0.717, 1.165) is 21.5 Å². The molecule has 0 fully saturated rings. The molecule has 4 aromatic rings. The zero-order chi connectivity index (χ0) is 17.8. The van der Waals surface area contributed by atoms with Gasteiger partial charge in [0.05, 0.1) is 17.9 Å². The first-order valence-corrected chi connectivity index (χ1v) is 10.0. The molecular formula is C22H17BrN2S. The minimum Gasteiger partial charge on any atom is -0.312 e. The van der Waals surface area contributed by atoms with E-state index in [1.54, 1.807) is 11.3 Å². The Morgan fingerprint density at radius 3 is 2.15 bits per heavy atom. The smallest absolute Gasteiger partial charge is 0.190 e. The highest BCUT2D eigenvalue weighted by Crippen LogP contribution is 2.22. The summed E-state index contributed by atoms with van der Waals surface area (Å²) in [6.07, 6.45) is 0. The third kappa shape index (κ3) is 3.87. The number of aromatic nitrogens is 1. The zero-order valence-corrected chi connectivity index (χ0v) is 16.5. The van der Waals surface area contributed by atoms with Gasteiger partial charge in [0.2, 0.25) is 0 Å². The van der Waals surface area contributed by atoms with Crippen molar-refractivity contribution in [1.82, 2.24) is 4.57 Å². The Morgan fingerprint density at radius 2 is 1.46 bits per heavy atom. The molecule has 0 aliphatic carbocycles. The molecule has 2 nitrogen and oxygen atoms in total. The highest BCUT2D eigenvalue weighted by Gasteiger charge is 2.09. The maximum atomic E-state index is 4.87. The van der Waals surface area contributed by atoms with Crippen LogP contribution < -0.4 is 4.80 Å². The number of nitrogens with zero attached hydrogens (tertiary/aromatic N) is 2. The first kappa shape index (κ1) is 17.0. The maximum absolute atomic E-state index is 4.87. The number of hydrogen-bond acceptors (Lipinski definition) is 2. The molecule has 0 spiro atoms. The number of halogens is 1. The first-order chi connectivity index (χ1) is 12.8. The van der Waals surface area contributed by atoms with Gasteiger partial charge in [-0.1, -0.05) is 76.6 Å². The van der Waals surface area contributed by atoms with Gasteiger partial charge in [0.1, 0.15) is 0 Å². The molecule has 0 saturated heterocycles. The highest BCUT2D eigenvalue weighted by atomic mass is 79.9. The van der Waals surface area contributed by atoms with Crippen LogP contribution in [0.4, 0.5) is 5.69 Å². The summed E-state index contributed by atoms with van der Waals surface area (Å²) in [5.74, 6) is 0. The van der Waals surface area contributed by atoms with Crippen molar-refractivity contribution in [2.24, 2.45) is 4.99 Å². The topological polar surface area (TPSA) is 17.3 Å². The van der Waals surface area contributed by atoms with Gasteiger partial charge < -0.3 is 4.57 Å². The molecule has 0 amide bonds. The lowest BCUT2D eigenvalue weighted by Crippen LogP contribution is -2.16. The van der Waals surface area contributed by atoms with E-state index in [4.69, 9.17) is 4.99 Å². The first-order valence-electron chi connectivity index (χ1n) is 8.37. The van der Waals surface area contributed by atoms with Gasteiger partial charge in [-0.25, -0.2) is 4.99 Å². The van der Waals surface area contributed by atoms with Gasteiger partial charge in [0, 0.05) is 9.85 Å². The molecule has 26 heavy (non-hydrogen) atoms. The predicted molar refractivity (Wildman–Crippen MR) is 113 cm³/mol. The molecule has 0 aliphatic rings. The second-order valence-corrected chi connectivity index (χ2v) is 7.68. The van der Waals surface area contributed by atoms with E-state index >= 15 is 0 Å². The molecule has 4 heteroatoms. The van der Waals surface area contributed by atoms with Crippen molar-refractivity contribution < 1.29 is 0 Å². The van der Waals surface area contributed by atoms with Crippen molar-refractivity contribution in [2.75, 3.05) is 0 Å². The summed E-state index contributed by atoms with van der Waals surface area (Å²) in [5, 5.41) is 2.19. The van der Waals surface area contributed by atoms with Crippen molar-refractivity contribution in [2.45, 2.75) is 6.54 Å². The molecule has 0 radical (unpaired) electrons. The van der Waals surface area contributed by atoms with Crippen LogP contribution in [0, 0.1) is 0 Å². The van der Waals surface area contributed by atoms with Gasteiger partial charge in [-0.05, 0) is 35.4 Å². The SMILES string of the molecule is Brc1ccc(Cn2c(-c3ccccc3)csc2=Nc2ccccc2)cc1. The minimum absolute atomic E-state index is 0.784. The van der Waals surface area contributed by atoms with E-state index in [2.05, 4.69) is 74.4 Å². The fourth-order valence-electron chi connectivity index (χ4n) is 2.80. The Labute approximate surface area is 165 Å². The number of para-hydroxylation sites is 1. The van der Waals surface area contributed by atoms with E-state index in [-0.39, 0.29) is 0 Å². The Bertz CT molecular complexity index is 1050. The molecule has 128 valence electrons. The van der Waals surface area contributed by atoms with Gasteiger partial charge in [-0.3, -0.25) is 0 Å². The van der Waals surface area contributed by atoms with E-state index in [1.807, 2.05) is 36.4 Å². The van der Waals surface area contributed by atoms with E-state index < -0.39 is 0 Å². The molecule has 0 bridgehead atoms. The Morgan fingerprint density at radius 1 is 0.808 bits per heavy atom. The quantitative estimate of drug-likeness (QED) is 0.370. The van der Waals surface area contributed by atoms with Gasteiger partial charge in [-0.2, -0.15) is 0 Å². The van der Waals surface area contributed by atoms with Gasteiger partial charge in [0.15, 0.2) is 4.80 Å². The second kappa shape index (κ2) is 7.85. The van der Waals surface area contributed by atoms with Crippen LogP contribution in [0.2, 0.25) is 0 Å². The Kier molecular flexibility index (Phi) is 5.14. The summed E-state index contributed by atoms with van der Waals surface area (Å²) in [4.78, 5) is 5.87. The van der Waals surface area contributed by atoms with Crippen molar-refractivity contribution in [3.63, 3.8) is 0 Å². The molecular weight excluding hydrogens is 404 g/mol. The molecule has 1 aromatic heterocycles. The summed E-state index contributed by atoms with van der Waals surface area (Å²) >= 11 is 5.19. The monoisotopic (exact) mass is 420 g/mol. The average Bonchev–Trinajstić information content (AvgIpc) is 3.07. The second-order valence-electron chi connectivity index (χ2n) is 5.93. The maximum Gasteiger partial charge on any atom is 0.190 e. The molecule has 0 atom stereocenters. The Hall–Kier alpha value is -2.43. The summed E-state index contributed by atoms with van der Waals surface area (Å²) in [7, 11) is 0. The molecule has 0 aliphatic heterocycles. The van der Waals surface area contributed by atoms with Crippen LogP contribution in [0.15, 0.2) is 99.8 Å². The lowest BCUT2D eigenvalue weighted by Gasteiger charge is -2.10. The van der Waals surface area contributed by atoms with Crippen LogP contribution in [-0.2, 0) is 6.54 Å². The van der Waals surface area contributed by atoms with Crippen LogP contribution in [0.25, 0.3) is 11.3 Å². The standard InChI is InChI=1S/C22H17BrN2S/c23-19-13-11-17(12-14-19)15-25-21(18-7-3-1-4-8-18)16-26-22(25)24-20-9-5-2-6-10-20/h1-14,16H,15H2. The number of rotatable bonds is 4. The summed E-state index contributed by atoms with van der Waals surface area (Å²) in [6, 6.07) is 29.1. The van der Waals surface area contributed by atoms with Crippen LogP contribution in [-0.4, -0.2) is 4.57 Å². The third-order valence-electron chi connectivity index (χ3n) is 4.10. The molecule has 0 saturated carbocycles. The van der Waals surface area contributed by atoms with Gasteiger partial charge in [-0.15, -0.1) is 11.3 Å². The zero-order valence-electron chi connectivity index (χ0n) is 14.0. The fraction of sp³-hybridized carbons (Fsp3) is 0.0455. The van der Waals surface area contributed by atoms with Crippen molar-refractivity contribution in [1.29, 1.82) is 0 Å². The normalized spacial score (nSPS) is 11.7. The van der Waals surface area contributed by atoms with Crippen molar-refractivity contribution in [3.05, 3.63) is 105 Å². The minimum atomic E-state index is 0.784. The van der Waals surface area contributed by atoms with Crippen LogP contribution >= 0.6 is 27.3 Å². The lowest BCUT2D eigenvalue weighted by atomic mass is 10.1. The predicted octanol–water partition coefficient (Wildman–Crippen LogP) is 6.26. The van der Waals surface area contributed by atoms with E-state index in [0.29, 0.717) is 0 Å². The molecule has 0 unspecified atom stereocenters. The average molecular weight is 421 g/mol. The molecule has 0 N–H and O–H groups in total. The summed E-state index contributed by atoms with van der Waals surface area (Å²) in [6.45, 7) is 0.784. The van der Waals surface area contributed by atoms with Crippen molar-refractivity contribution >= 4 is 33.0 Å². The largest absolute Gasteiger partial charge is 0.312 e. The Balaban J connectivity index is 1.83. The fourth-order valence-corrected chi connectivity index (χ4v) is 3.99. The highest BCUT2D eigenvalue weighted by molar-refractivity contribution is 9.10. The van der Waals surface area contributed by atoms with E-state index in [1.165, 1.54) is 16.8 Å². The number of benzene rings is 3. The summed E-state index contributed by atoms with van der Waals surface area (Å²) in [5.41, 5.74) is 4.61. The number of thiazole rings is 1. The molecule has 1 heterocycles. The third-order valence-corrected chi connectivity index (χ3v) is 5.49. The molecule has 4 rings (SSSR count). The van der Waals surface area contributed by atoms with Crippen LogP contribution in [0.3, 0.4) is 0 Å². The van der Waals surface area contributed by atoms with Crippen LogP contribution in [0.1, 0.15) is 5.56 Å².